The van der Waals surface area contributed by atoms with Crippen LogP contribution in [0.25, 0.3) is 5.65 Å². The molecule has 212 valence electrons. The van der Waals surface area contributed by atoms with Crippen LogP contribution >= 0.6 is 11.3 Å². The summed E-state index contributed by atoms with van der Waals surface area (Å²) in [7, 11) is 0. The van der Waals surface area contributed by atoms with Gasteiger partial charge >= 0.3 is 5.97 Å². The van der Waals surface area contributed by atoms with E-state index in [1.165, 1.54) is 16.9 Å². The van der Waals surface area contributed by atoms with Crippen LogP contribution in [0, 0.1) is 12.3 Å². The molecule has 11 heteroatoms. The molecule has 4 aromatic rings. The van der Waals surface area contributed by atoms with Crippen LogP contribution in [-0.4, -0.2) is 80.7 Å². The first kappa shape index (κ1) is 25.9. The van der Waals surface area contributed by atoms with Gasteiger partial charge in [-0.15, -0.1) is 16.4 Å². The van der Waals surface area contributed by atoms with E-state index in [1.807, 2.05) is 18.0 Å². The van der Waals surface area contributed by atoms with E-state index in [2.05, 4.69) is 68.2 Å². The summed E-state index contributed by atoms with van der Waals surface area (Å²) in [5.74, 6) is -0.906. The normalized spacial score (nSPS) is 24.3. The van der Waals surface area contributed by atoms with Crippen LogP contribution < -0.4 is 9.80 Å². The maximum absolute atomic E-state index is 13.6. The number of hydrogen-bond donors (Lipinski definition) is 1. The van der Waals surface area contributed by atoms with E-state index in [4.69, 9.17) is 0 Å². The Hall–Kier alpha value is -3.99. The van der Waals surface area contributed by atoms with Gasteiger partial charge in [0, 0.05) is 55.5 Å². The monoisotopic (exact) mass is 571 g/mol. The van der Waals surface area contributed by atoms with E-state index in [0.29, 0.717) is 18.7 Å². The number of likely N-dealkylation sites (tertiary alicyclic amines) is 1. The Bertz CT molecular complexity index is 1650. The number of anilines is 2. The number of carboxylic acid groups (broad SMARTS) is 1. The molecule has 3 fully saturated rings. The van der Waals surface area contributed by atoms with E-state index in [0.717, 1.165) is 61.8 Å². The van der Waals surface area contributed by atoms with Crippen LogP contribution in [0.4, 0.5) is 10.8 Å². The second-order valence-electron chi connectivity index (χ2n) is 12.2. The second kappa shape index (κ2) is 9.54. The molecule has 6 heterocycles. The van der Waals surface area contributed by atoms with Gasteiger partial charge in [-0.3, -0.25) is 4.79 Å². The number of nitrogens with zero attached hydrogens (tertiary/aromatic N) is 7. The molecular weight excluding hydrogens is 538 g/mol. The van der Waals surface area contributed by atoms with Gasteiger partial charge in [-0.25, -0.2) is 19.3 Å². The number of amides is 1. The van der Waals surface area contributed by atoms with E-state index >= 15 is 0 Å². The quantitative estimate of drug-likeness (QED) is 0.382. The van der Waals surface area contributed by atoms with Crippen LogP contribution in [0.1, 0.15) is 58.4 Å². The molecule has 1 amide bonds. The molecule has 1 aromatic carbocycles. The third kappa shape index (κ3) is 4.52. The maximum atomic E-state index is 13.6. The maximum Gasteiger partial charge on any atom is 0.355 e. The van der Waals surface area contributed by atoms with Gasteiger partial charge in [0.25, 0.3) is 5.91 Å². The molecule has 0 saturated carbocycles. The molecule has 0 aliphatic carbocycles. The minimum absolute atomic E-state index is 0.0197. The Morgan fingerprint density at radius 2 is 1.76 bits per heavy atom. The van der Waals surface area contributed by atoms with Gasteiger partial charge in [-0.2, -0.15) is 0 Å². The molecule has 3 aliphatic rings. The molecule has 41 heavy (non-hydrogen) atoms. The van der Waals surface area contributed by atoms with Crippen LogP contribution in [-0.2, 0) is 5.41 Å². The molecule has 1 spiro atoms. The number of aromatic nitrogens is 4. The molecule has 1 unspecified atom stereocenters. The van der Waals surface area contributed by atoms with Gasteiger partial charge in [-0.05, 0) is 43.4 Å². The van der Waals surface area contributed by atoms with Crippen LogP contribution in [0.3, 0.4) is 0 Å². The number of aryl methyl sites for hydroxylation is 1. The lowest BCUT2D eigenvalue weighted by Gasteiger charge is -2.26. The zero-order valence-corrected chi connectivity index (χ0v) is 24.1. The molecule has 0 bridgehead atoms. The van der Waals surface area contributed by atoms with Crippen LogP contribution in [0.15, 0.2) is 48.0 Å². The molecule has 3 aliphatic heterocycles. The van der Waals surface area contributed by atoms with E-state index in [9.17, 15) is 14.7 Å². The van der Waals surface area contributed by atoms with Crippen LogP contribution in [0.5, 0.6) is 0 Å². The fourth-order valence-electron chi connectivity index (χ4n) is 6.84. The van der Waals surface area contributed by atoms with Crippen molar-refractivity contribution in [1.29, 1.82) is 0 Å². The average molecular weight is 572 g/mol. The molecule has 10 nitrogen and oxygen atoms in total. The molecule has 2 atom stereocenters. The van der Waals surface area contributed by atoms with Crippen molar-refractivity contribution in [1.82, 2.24) is 24.5 Å². The highest BCUT2D eigenvalue weighted by molar-refractivity contribution is 7.13. The molecule has 7 rings (SSSR count). The first-order valence-electron chi connectivity index (χ1n) is 14.1. The van der Waals surface area contributed by atoms with Crippen molar-refractivity contribution >= 4 is 39.7 Å². The highest BCUT2D eigenvalue weighted by Crippen LogP contribution is 2.42. The second-order valence-corrected chi connectivity index (χ2v) is 13.0. The average Bonchev–Trinajstić information content (AvgIpc) is 3.80. The summed E-state index contributed by atoms with van der Waals surface area (Å²) in [6, 6.07) is 12.9. The van der Waals surface area contributed by atoms with Crippen molar-refractivity contribution in [3.05, 3.63) is 70.6 Å². The Morgan fingerprint density at radius 1 is 0.976 bits per heavy atom. The smallest absolute Gasteiger partial charge is 0.355 e. The SMILES string of the molecule is Cc1cc(N2CC[C@](C)(c3ccccc3)C2)cn2nc(C(=O)N3CCC4(CCN(c5nc(C(=O)O)cs5)C4)C3)nc12. The molecule has 3 aromatic heterocycles. The Morgan fingerprint density at radius 3 is 2.54 bits per heavy atom. The zero-order valence-electron chi connectivity index (χ0n) is 23.3. The van der Waals surface area contributed by atoms with Gasteiger partial charge in [0.1, 0.15) is 0 Å². The fraction of sp³-hybridized carbons (Fsp3) is 0.433. The van der Waals surface area contributed by atoms with Crippen molar-refractivity contribution in [2.24, 2.45) is 5.41 Å². The van der Waals surface area contributed by atoms with Crippen LogP contribution in [0.2, 0.25) is 0 Å². The van der Waals surface area contributed by atoms with Crippen molar-refractivity contribution < 1.29 is 14.7 Å². The lowest BCUT2D eigenvalue weighted by atomic mass is 9.82. The number of thiazole rings is 1. The summed E-state index contributed by atoms with van der Waals surface area (Å²) >= 11 is 1.36. The molecular formula is C30H33N7O3S. The van der Waals surface area contributed by atoms with E-state index in [1.54, 1.807) is 9.90 Å². The number of carbonyl (C=O) groups is 2. The summed E-state index contributed by atoms with van der Waals surface area (Å²) in [6.07, 6.45) is 4.92. The summed E-state index contributed by atoms with van der Waals surface area (Å²) in [4.78, 5) is 40.2. The van der Waals surface area contributed by atoms with Crippen molar-refractivity contribution in [2.75, 3.05) is 49.1 Å². The number of pyridine rings is 1. The molecule has 3 saturated heterocycles. The zero-order chi connectivity index (χ0) is 28.4. The van der Waals surface area contributed by atoms with Crippen molar-refractivity contribution in [3.63, 3.8) is 0 Å². The van der Waals surface area contributed by atoms with E-state index < -0.39 is 5.97 Å². The lowest BCUT2D eigenvalue weighted by Crippen LogP contribution is -2.34. The van der Waals surface area contributed by atoms with Gasteiger partial charge in [0.2, 0.25) is 5.82 Å². The number of carbonyl (C=O) groups excluding carboxylic acids is 1. The number of benzene rings is 1. The summed E-state index contributed by atoms with van der Waals surface area (Å²) < 4.78 is 1.77. The Labute approximate surface area is 242 Å². The fourth-order valence-corrected chi connectivity index (χ4v) is 7.67. The van der Waals surface area contributed by atoms with Crippen molar-refractivity contribution in [2.45, 2.75) is 38.5 Å². The number of hydrogen-bond acceptors (Lipinski definition) is 8. The number of carboxylic acids is 1. The standard InChI is InChI=1S/C30H33N7O3S/c1-20-14-22(34-11-8-29(2,17-34)21-6-4-3-5-7-21)15-37-25(20)32-24(33-37)26(38)35-12-9-30(18-35)10-13-36(19-30)28-31-23(16-41-28)27(39)40/h3-7,14-16H,8-13,17-19H2,1-2H3,(H,39,40)/t29-,30?/m0/s1. The minimum atomic E-state index is -1.01. The van der Waals surface area contributed by atoms with Gasteiger partial charge in [0.15, 0.2) is 16.5 Å². The van der Waals surface area contributed by atoms with Gasteiger partial charge < -0.3 is 19.8 Å². The third-order valence-corrected chi connectivity index (χ3v) is 10.2. The van der Waals surface area contributed by atoms with Crippen molar-refractivity contribution in [3.8, 4) is 0 Å². The largest absolute Gasteiger partial charge is 0.476 e. The lowest BCUT2D eigenvalue weighted by molar-refractivity contribution is 0.0690. The van der Waals surface area contributed by atoms with E-state index in [-0.39, 0.29) is 28.3 Å². The number of aromatic carboxylic acids is 1. The Kier molecular flexibility index (Phi) is 6.04. The first-order chi connectivity index (χ1) is 19.7. The summed E-state index contributed by atoms with van der Waals surface area (Å²) in [5, 5.41) is 16.2. The minimum Gasteiger partial charge on any atom is -0.476 e. The topological polar surface area (TPSA) is 107 Å². The summed E-state index contributed by atoms with van der Waals surface area (Å²) in [6.45, 7) is 9.13. The Balaban J connectivity index is 1.06. The number of rotatable bonds is 5. The number of fused-ring (bicyclic) bond motifs is 1. The molecule has 1 N–H and O–H groups in total. The molecule has 0 radical (unpaired) electrons. The summed E-state index contributed by atoms with van der Waals surface area (Å²) in [5.41, 5.74) is 4.32. The highest BCUT2D eigenvalue weighted by atomic mass is 32.1. The highest BCUT2D eigenvalue weighted by Gasteiger charge is 2.46. The predicted octanol–water partition coefficient (Wildman–Crippen LogP) is 4.10. The predicted molar refractivity (Wildman–Crippen MR) is 157 cm³/mol. The third-order valence-electron chi connectivity index (χ3n) is 9.25. The van der Waals surface area contributed by atoms with Gasteiger partial charge in [-0.1, -0.05) is 37.3 Å². The van der Waals surface area contributed by atoms with Gasteiger partial charge in [0.05, 0.1) is 11.9 Å². The first-order valence-corrected chi connectivity index (χ1v) is 15.0.